The smallest absolute Gasteiger partial charge is 0.349 e. The van der Waals surface area contributed by atoms with Crippen LogP contribution in [0.3, 0.4) is 0 Å². The summed E-state index contributed by atoms with van der Waals surface area (Å²) in [6.45, 7) is 8.04. The second-order valence-corrected chi connectivity index (χ2v) is 10.2. The van der Waals surface area contributed by atoms with E-state index in [1.165, 1.54) is 12.0 Å². The molecule has 2 amide bonds. The zero-order valence-electron chi connectivity index (χ0n) is 19.3. The van der Waals surface area contributed by atoms with Crippen molar-refractivity contribution in [1.82, 2.24) is 10.2 Å². The van der Waals surface area contributed by atoms with Gasteiger partial charge >= 0.3 is 19.6 Å². The third kappa shape index (κ3) is 9.64. The Balaban J connectivity index is 3.02. The van der Waals surface area contributed by atoms with Gasteiger partial charge in [-0.3, -0.25) is 4.57 Å². The van der Waals surface area contributed by atoms with E-state index in [0.717, 1.165) is 10.5 Å². The van der Waals surface area contributed by atoms with E-state index in [9.17, 15) is 14.2 Å². The van der Waals surface area contributed by atoms with Crippen molar-refractivity contribution in [3.8, 4) is 0 Å². The van der Waals surface area contributed by atoms with Crippen LogP contribution in [0.2, 0.25) is 0 Å². The lowest BCUT2D eigenvalue weighted by atomic mass is 10.1. The van der Waals surface area contributed by atoms with Crippen LogP contribution in [0.1, 0.15) is 33.3 Å². The molecule has 0 aliphatic carbocycles. The molecule has 1 atom stereocenters. The SMILES string of the molecule is CCOP(=O)(CN(CC(C)C)C(=O)N[C@@H](Cc1ccc(SC)cc1)C(=O)OC)OCC. The maximum atomic E-state index is 13.1. The second-order valence-electron chi connectivity index (χ2n) is 7.28. The fourth-order valence-electron chi connectivity index (χ4n) is 2.94. The van der Waals surface area contributed by atoms with Crippen molar-refractivity contribution < 1.29 is 27.9 Å². The number of ether oxygens (including phenoxy) is 1. The van der Waals surface area contributed by atoms with E-state index in [1.54, 1.807) is 25.6 Å². The Hall–Kier alpha value is -1.54. The first-order chi connectivity index (χ1) is 14.7. The van der Waals surface area contributed by atoms with Gasteiger partial charge in [-0.15, -0.1) is 11.8 Å². The molecule has 0 aromatic heterocycles. The zero-order chi connectivity index (χ0) is 23.4. The molecule has 0 saturated heterocycles. The lowest BCUT2D eigenvalue weighted by molar-refractivity contribution is -0.142. The summed E-state index contributed by atoms with van der Waals surface area (Å²) in [5, 5.41) is 2.73. The highest BCUT2D eigenvalue weighted by atomic mass is 32.2. The third-order valence-corrected chi connectivity index (χ3v) is 6.99. The maximum Gasteiger partial charge on any atom is 0.349 e. The van der Waals surface area contributed by atoms with E-state index < -0.39 is 25.6 Å². The molecular formula is C21H35N2O6PS. The van der Waals surface area contributed by atoms with Gasteiger partial charge in [-0.2, -0.15) is 0 Å². The molecular weight excluding hydrogens is 439 g/mol. The highest BCUT2D eigenvalue weighted by molar-refractivity contribution is 7.98. The highest BCUT2D eigenvalue weighted by Crippen LogP contribution is 2.48. The number of methoxy groups -OCH3 is 1. The first kappa shape index (κ1) is 27.5. The van der Waals surface area contributed by atoms with Gasteiger partial charge in [-0.1, -0.05) is 26.0 Å². The molecule has 31 heavy (non-hydrogen) atoms. The third-order valence-electron chi connectivity index (χ3n) is 4.25. The van der Waals surface area contributed by atoms with Crippen molar-refractivity contribution in [2.24, 2.45) is 5.92 Å². The van der Waals surface area contributed by atoms with Gasteiger partial charge in [0.2, 0.25) is 0 Å². The molecule has 0 aliphatic heterocycles. The predicted molar refractivity (Wildman–Crippen MR) is 124 cm³/mol. The fraction of sp³-hybridized carbons (Fsp3) is 0.619. The Kier molecular flexibility index (Phi) is 12.2. The number of hydrogen-bond acceptors (Lipinski definition) is 7. The summed E-state index contributed by atoms with van der Waals surface area (Å²) >= 11 is 1.62. The summed E-state index contributed by atoms with van der Waals surface area (Å²) in [5.74, 6) is -0.442. The number of hydrogen-bond donors (Lipinski definition) is 1. The van der Waals surface area contributed by atoms with Gasteiger partial charge in [0.25, 0.3) is 0 Å². The molecule has 0 spiro atoms. The molecule has 0 aliphatic rings. The molecule has 176 valence electrons. The number of urea groups is 1. The zero-order valence-corrected chi connectivity index (χ0v) is 21.0. The highest BCUT2D eigenvalue weighted by Gasteiger charge is 2.32. The molecule has 1 N–H and O–H groups in total. The van der Waals surface area contributed by atoms with Crippen molar-refractivity contribution >= 4 is 31.4 Å². The standard InChI is InChI=1S/C21H35N2O6PS/c1-7-28-30(26,29-8-2)15-23(14-16(3)4)21(25)22-19(20(24)27-5)13-17-9-11-18(31-6)12-10-17/h9-12,16,19H,7-8,13-15H2,1-6H3,(H,22,25)/t19-/m0/s1. The molecule has 0 saturated carbocycles. The molecule has 1 aromatic rings. The number of carbonyl (C=O) groups excluding carboxylic acids is 2. The summed E-state index contributed by atoms with van der Waals surface area (Å²) in [7, 11) is -2.21. The minimum atomic E-state index is -3.49. The number of nitrogens with zero attached hydrogens (tertiary/aromatic N) is 1. The topological polar surface area (TPSA) is 94.2 Å². The largest absolute Gasteiger partial charge is 0.467 e. The normalized spacial score (nSPS) is 12.5. The molecule has 0 unspecified atom stereocenters. The number of thioether (sulfide) groups is 1. The predicted octanol–water partition coefficient (Wildman–Crippen LogP) is 4.38. The summed E-state index contributed by atoms with van der Waals surface area (Å²) in [5.41, 5.74) is 0.887. The number of rotatable bonds is 13. The van der Waals surface area contributed by atoms with Crippen LogP contribution in [-0.2, 0) is 29.6 Å². The molecule has 10 heteroatoms. The first-order valence-electron chi connectivity index (χ1n) is 10.3. The second kappa shape index (κ2) is 13.8. The lowest BCUT2D eigenvalue weighted by Gasteiger charge is -2.29. The maximum absolute atomic E-state index is 13.1. The van der Waals surface area contributed by atoms with Crippen LogP contribution in [0.5, 0.6) is 0 Å². The Morgan fingerprint density at radius 1 is 1.13 bits per heavy atom. The van der Waals surface area contributed by atoms with Crippen molar-refractivity contribution in [1.29, 1.82) is 0 Å². The van der Waals surface area contributed by atoms with Crippen molar-refractivity contribution in [2.75, 3.05) is 39.4 Å². The van der Waals surface area contributed by atoms with Gasteiger partial charge in [0, 0.05) is 17.9 Å². The van der Waals surface area contributed by atoms with E-state index >= 15 is 0 Å². The van der Waals surface area contributed by atoms with Gasteiger partial charge < -0.3 is 24.0 Å². The minimum Gasteiger partial charge on any atom is -0.467 e. The van der Waals surface area contributed by atoms with E-state index in [0.29, 0.717) is 6.54 Å². The van der Waals surface area contributed by atoms with Crippen molar-refractivity contribution in [3.05, 3.63) is 29.8 Å². The van der Waals surface area contributed by atoms with Crippen LogP contribution in [0.15, 0.2) is 29.2 Å². The Bertz CT molecular complexity index is 734. The molecule has 8 nitrogen and oxygen atoms in total. The van der Waals surface area contributed by atoms with Crippen LogP contribution in [0.4, 0.5) is 4.79 Å². The average molecular weight is 475 g/mol. The van der Waals surface area contributed by atoms with Crippen molar-refractivity contribution in [2.45, 2.75) is 45.1 Å². The summed E-state index contributed by atoms with van der Waals surface area (Å²) < 4.78 is 28.5. The summed E-state index contributed by atoms with van der Waals surface area (Å²) in [6.07, 6.45) is 2.06. The van der Waals surface area contributed by atoms with Gasteiger partial charge in [0.15, 0.2) is 0 Å². The Morgan fingerprint density at radius 3 is 2.16 bits per heavy atom. The Labute approximate surface area is 189 Å². The van der Waals surface area contributed by atoms with E-state index in [-0.39, 0.29) is 31.8 Å². The summed E-state index contributed by atoms with van der Waals surface area (Å²) in [6, 6.07) is 6.34. The van der Waals surface area contributed by atoms with Crippen LogP contribution in [0, 0.1) is 5.92 Å². The molecule has 0 radical (unpaired) electrons. The van der Waals surface area contributed by atoms with Gasteiger partial charge in [-0.25, -0.2) is 9.59 Å². The average Bonchev–Trinajstić information content (AvgIpc) is 2.72. The summed E-state index contributed by atoms with van der Waals surface area (Å²) in [4.78, 5) is 27.9. The van der Waals surface area contributed by atoms with Crippen LogP contribution >= 0.6 is 19.4 Å². The monoisotopic (exact) mass is 474 g/mol. The van der Waals surface area contributed by atoms with Gasteiger partial charge in [0.05, 0.1) is 20.3 Å². The molecule has 0 heterocycles. The van der Waals surface area contributed by atoms with Crippen molar-refractivity contribution in [3.63, 3.8) is 0 Å². The van der Waals surface area contributed by atoms with Gasteiger partial charge in [-0.05, 0) is 43.7 Å². The number of esters is 1. The van der Waals surface area contributed by atoms with E-state index in [4.69, 9.17) is 13.8 Å². The minimum absolute atomic E-state index is 0.109. The van der Waals surface area contributed by atoms with Crippen LogP contribution in [-0.4, -0.2) is 62.4 Å². The fourth-order valence-corrected chi connectivity index (χ4v) is 5.04. The first-order valence-corrected chi connectivity index (χ1v) is 13.3. The number of carbonyl (C=O) groups is 2. The van der Waals surface area contributed by atoms with Crippen LogP contribution < -0.4 is 5.32 Å². The number of amides is 2. The van der Waals surface area contributed by atoms with Crippen LogP contribution in [0.25, 0.3) is 0 Å². The lowest BCUT2D eigenvalue weighted by Crippen LogP contribution is -2.50. The molecule has 0 fully saturated rings. The molecule has 0 bridgehead atoms. The number of benzene rings is 1. The van der Waals surface area contributed by atoms with E-state index in [2.05, 4.69) is 5.32 Å². The molecule has 1 rings (SSSR count). The Morgan fingerprint density at radius 2 is 1.71 bits per heavy atom. The van der Waals surface area contributed by atoms with E-state index in [1.807, 2.05) is 44.4 Å². The molecule has 1 aromatic carbocycles. The van der Waals surface area contributed by atoms with Gasteiger partial charge in [0.1, 0.15) is 12.3 Å². The quantitative estimate of drug-likeness (QED) is 0.257. The number of nitrogens with one attached hydrogen (secondary N) is 1.